The maximum atomic E-state index is 4.50. The van der Waals surface area contributed by atoms with Gasteiger partial charge in [-0.05, 0) is 26.1 Å². The molecule has 0 aliphatic rings. The lowest BCUT2D eigenvalue weighted by Gasteiger charge is -2.02. The molecule has 0 saturated heterocycles. The van der Waals surface area contributed by atoms with E-state index in [1.54, 1.807) is 0 Å². The third-order valence-electron chi connectivity index (χ3n) is 2.72. The molecule has 3 nitrogen and oxygen atoms in total. The number of benzene rings is 1. The van der Waals surface area contributed by atoms with Crippen molar-refractivity contribution in [1.82, 2.24) is 15.1 Å². The number of rotatable bonds is 3. The summed E-state index contributed by atoms with van der Waals surface area (Å²) in [5, 5.41) is 8.95. The normalized spacial score (nSPS) is 11.1. The minimum Gasteiger partial charge on any atom is -0.319 e. The van der Waals surface area contributed by atoms with Gasteiger partial charge in [-0.1, -0.05) is 11.6 Å². The second-order valence-corrected chi connectivity index (χ2v) is 3.94. The molecule has 0 fully saturated rings. The van der Waals surface area contributed by atoms with Gasteiger partial charge in [-0.15, -0.1) is 0 Å². The molecular weight excluding hydrogens is 186 g/mol. The van der Waals surface area contributed by atoms with Crippen molar-refractivity contribution in [3.63, 3.8) is 0 Å². The van der Waals surface area contributed by atoms with Crippen LogP contribution < -0.4 is 5.32 Å². The number of nitrogens with zero attached hydrogens (tertiary/aromatic N) is 2. The van der Waals surface area contributed by atoms with E-state index in [2.05, 4.69) is 35.5 Å². The molecule has 2 aromatic rings. The lowest BCUT2D eigenvalue weighted by molar-refractivity contribution is 0.688. The predicted octanol–water partition coefficient (Wildman–Crippen LogP) is 1.64. The number of nitrogens with one attached hydrogen (secondary N) is 1. The third-order valence-corrected chi connectivity index (χ3v) is 2.72. The van der Waals surface area contributed by atoms with E-state index in [4.69, 9.17) is 0 Å². The highest BCUT2D eigenvalue weighted by molar-refractivity contribution is 5.82. The summed E-state index contributed by atoms with van der Waals surface area (Å²) in [5.41, 5.74) is 3.69. The zero-order valence-electron chi connectivity index (χ0n) is 9.54. The van der Waals surface area contributed by atoms with Crippen LogP contribution in [0.15, 0.2) is 18.2 Å². The van der Waals surface area contributed by atoms with Gasteiger partial charge >= 0.3 is 0 Å². The van der Waals surface area contributed by atoms with Crippen LogP contribution in [0.25, 0.3) is 10.9 Å². The molecular formula is C12H17N3. The van der Waals surface area contributed by atoms with Crippen molar-refractivity contribution in [3.05, 3.63) is 29.5 Å². The molecule has 1 aromatic carbocycles. The van der Waals surface area contributed by atoms with Crippen LogP contribution in [0, 0.1) is 6.92 Å². The summed E-state index contributed by atoms with van der Waals surface area (Å²) >= 11 is 0. The fraction of sp³-hybridized carbons (Fsp3) is 0.417. The average Bonchev–Trinajstić information content (AvgIpc) is 2.51. The maximum Gasteiger partial charge on any atom is 0.0926 e. The highest BCUT2D eigenvalue weighted by Crippen LogP contribution is 2.19. The first-order chi connectivity index (χ1) is 7.22. The molecule has 0 saturated carbocycles. The van der Waals surface area contributed by atoms with Crippen LogP contribution in [0.3, 0.4) is 0 Å². The Morgan fingerprint density at radius 3 is 2.93 bits per heavy atom. The molecule has 1 heterocycles. The summed E-state index contributed by atoms with van der Waals surface area (Å²) in [7, 11) is 3.99. The highest BCUT2D eigenvalue weighted by atomic mass is 15.3. The van der Waals surface area contributed by atoms with E-state index in [0.29, 0.717) is 0 Å². The van der Waals surface area contributed by atoms with Gasteiger partial charge in [-0.2, -0.15) is 5.10 Å². The largest absolute Gasteiger partial charge is 0.319 e. The summed E-state index contributed by atoms with van der Waals surface area (Å²) < 4.78 is 1.99. The fourth-order valence-electron chi connectivity index (χ4n) is 1.90. The Balaban J connectivity index is 2.50. The van der Waals surface area contributed by atoms with Crippen LogP contribution in [0.5, 0.6) is 0 Å². The molecule has 0 aliphatic heterocycles. The summed E-state index contributed by atoms with van der Waals surface area (Å²) in [6, 6.07) is 6.41. The van der Waals surface area contributed by atoms with Crippen molar-refractivity contribution in [1.29, 1.82) is 0 Å². The fourth-order valence-corrected chi connectivity index (χ4v) is 1.90. The van der Waals surface area contributed by atoms with Crippen LogP contribution in [0.4, 0.5) is 0 Å². The molecule has 15 heavy (non-hydrogen) atoms. The van der Waals surface area contributed by atoms with Gasteiger partial charge in [-0.25, -0.2) is 0 Å². The number of likely N-dealkylation sites (N-methyl/N-ethyl adjacent to an activating group) is 1. The van der Waals surface area contributed by atoms with E-state index >= 15 is 0 Å². The second-order valence-electron chi connectivity index (χ2n) is 3.94. The Labute approximate surface area is 90.1 Å². The van der Waals surface area contributed by atoms with Gasteiger partial charge in [0.2, 0.25) is 0 Å². The molecule has 0 unspecified atom stereocenters. The minimum absolute atomic E-state index is 0.989. The quantitative estimate of drug-likeness (QED) is 0.822. The van der Waals surface area contributed by atoms with E-state index in [1.165, 1.54) is 16.6 Å². The smallest absolute Gasteiger partial charge is 0.0926 e. The zero-order valence-corrected chi connectivity index (χ0v) is 9.54. The second kappa shape index (κ2) is 4.03. The van der Waals surface area contributed by atoms with Gasteiger partial charge in [0.1, 0.15) is 0 Å². The Kier molecular flexibility index (Phi) is 2.73. The van der Waals surface area contributed by atoms with Crippen LogP contribution in [-0.2, 0) is 13.5 Å². The summed E-state index contributed by atoms with van der Waals surface area (Å²) in [6.45, 7) is 3.11. The monoisotopic (exact) mass is 203 g/mol. The van der Waals surface area contributed by atoms with Crippen molar-refractivity contribution in [2.45, 2.75) is 13.3 Å². The number of aryl methyl sites for hydroxylation is 2. The van der Waals surface area contributed by atoms with Crippen molar-refractivity contribution >= 4 is 10.9 Å². The van der Waals surface area contributed by atoms with E-state index in [9.17, 15) is 0 Å². The Bertz CT molecular complexity index is 471. The SMILES string of the molecule is CNCCc1c2cc(C)ccc2nn1C. The van der Waals surface area contributed by atoms with Crippen molar-refractivity contribution < 1.29 is 0 Å². The molecule has 0 aliphatic carbocycles. The minimum atomic E-state index is 0.989. The number of hydrogen-bond acceptors (Lipinski definition) is 2. The van der Waals surface area contributed by atoms with E-state index in [1.807, 2.05) is 18.8 Å². The van der Waals surface area contributed by atoms with Crippen LogP contribution >= 0.6 is 0 Å². The number of hydrogen-bond donors (Lipinski definition) is 1. The summed E-state index contributed by atoms with van der Waals surface area (Å²) in [4.78, 5) is 0. The molecule has 0 atom stereocenters. The first-order valence-electron chi connectivity index (χ1n) is 5.29. The Morgan fingerprint density at radius 2 is 2.20 bits per heavy atom. The molecule has 0 spiro atoms. The van der Waals surface area contributed by atoms with Gasteiger partial charge in [0, 0.05) is 31.1 Å². The van der Waals surface area contributed by atoms with Crippen molar-refractivity contribution in [2.75, 3.05) is 13.6 Å². The molecule has 2 rings (SSSR count). The Morgan fingerprint density at radius 1 is 1.40 bits per heavy atom. The zero-order chi connectivity index (χ0) is 10.8. The van der Waals surface area contributed by atoms with Gasteiger partial charge in [0.25, 0.3) is 0 Å². The van der Waals surface area contributed by atoms with Crippen molar-refractivity contribution in [2.24, 2.45) is 7.05 Å². The van der Waals surface area contributed by atoms with E-state index in [0.717, 1.165) is 18.5 Å². The topological polar surface area (TPSA) is 29.9 Å². The third kappa shape index (κ3) is 1.88. The van der Waals surface area contributed by atoms with Crippen LogP contribution in [0.2, 0.25) is 0 Å². The first kappa shape index (κ1) is 10.2. The molecule has 80 valence electrons. The molecule has 1 N–H and O–H groups in total. The molecule has 1 aromatic heterocycles. The van der Waals surface area contributed by atoms with Gasteiger partial charge in [-0.3, -0.25) is 4.68 Å². The lowest BCUT2D eigenvalue weighted by Crippen LogP contribution is -2.12. The highest BCUT2D eigenvalue weighted by Gasteiger charge is 2.07. The first-order valence-corrected chi connectivity index (χ1v) is 5.29. The van der Waals surface area contributed by atoms with Crippen molar-refractivity contribution in [3.8, 4) is 0 Å². The van der Waals surface area contributed by atoms with Gasteiger partial charge in [0.05, 0.1) is 5.52 Å². The van der Waals surface area contributed by atoms with Crippen LogP contribution in [0.1, 0.15) is 11.3 Å². The molecule has 0 bridgehead atoms. The van der Waals surface area contributed by atoms with E-state index in [-0.39, 0.29) is 0 Å². The van der Waals surface area contributed by atoms with Crippen LogP contribution in [-0.4, -0.2) is 23.4 Å². The standard InChI is InChI=1S/C12H17N3/c1-9-4-5-11-10(8-9)12(6-7-13-2)15(3)14-11/h4-5,8,13H,6-7H2,1-3H3. The summed E-state index contributed by atoms with van der Waals surface area (Å²) in [6.07, 6.45) is 1.02. The summed E-state index contributed by atoms with van der Waals surface area (Å²) in [5.74, 6) is 0. The van der Waals surface area contributed by atoms with Gasteiger partial charge in [0.15, 0.2) is 0 Å². The molecule has 3 heteroatoms. The average molecular weight is 203 g/mol. The molecule has 0 radical (unpaired) electrons. The lowest BCUT2D eigenvalue weighted by atomic mass is 10.1. The van der Waals surface area contributed by atoms with Gasteiger partial charge < -0.3 is 5.32 Å². The number of aromatic nitrogens is 2. The Hall–Kier alpha value is -1.35. The predicted molar refractivity (Wildman–Crippen MR) is 63.1 cm³/mol. The maximum absolute atomic E-state index is 4.50. The number of fused-ring (bicyclic) bond motifs is 1. The van der Waals surface area contributed by atoms with E-state index < -0.39 is 0 Å². The molecule has 0 amide bonds.